The van der Waals surface area contributed by atoms with Gasteiger partial charge in [0.05, 0.1) is 12.6 Å². The number of rotatable bonds is 7. The van der Waals surface area contributed by atoms with Crippen LogP contribution in [-0.2, 0) is 11.2 Å². The second-order valence-electron chi connectivity index (χ2n) is 5.21. The second-order valence-corrected chi connectivity index (χ2v) is 5.21. The molecule has 21 heavy (non-hydrogen) atoms. The smallest absolute Gasteiger partial charge is 0.119 e. The van der Waals surface area contributed by atoms with E-state index in [1.165, 1.54) is 11.1 Å². The van der Waals surface area contributed by atoms with Gasteiger partial charge in [-0.15, -0.1) is 0 Å². The van der Waals surface area contributed by atoms with Crippen molar-refractivity contribution in [2.75, 3.05) is 20.3 Å². The highest BCUT2D eigenvalue weighted by molar-refractivity contribution is 5.28. The number of benzene rings is 2. The number of aryl methyl sites for hydroxylation is 1. The second kappa shape index (κ2) is 7.81. The van der Waals surface area contributed by atoms with Gasteiger partial charge in [0.25, 0.3) is 0 Å². The van der Waals surface area contributed by atoms with Crippen LogP contribution < -0.4 is 10.5 Å². The minimum Gasteiger partial charge on any atom is -0.492 e. The lowest BCUT2D eigenvalue weighted by molar-refractivity contribution is 0.202. The van der Waals surface area contributed by atoms with Gasteiger partial charge in [-0.2, -0.15) is 0 Å². The topological polar surface area (TPSA) is 44.5 Å². The standard InChI is InChI=1S/C18H23NO2/c1-14-3-7-16(8-4-14)18(19)13-21-17-9-5-15(6-10-17)11-12-20-2/h3-10,18H,11-13,19H2,1-2H3. The molecule has 1 atom stereocenters. The summed E-state index contributed by atoms with van der Waals surface area (Å²) < 4.78 is 10.8. The Kier molecular flexibility index (Phi) is 5.78. The maximum absolute atomic E-state index is 6.15. The lowest BCUT2D eigenvalue weighted by Gasteiger charge is -2.14. The Morgan fingerprint density at radius 1 is 1.00 bits per heavy atom. The van der Waals surface area contributed by atoms with E-state index >= 15 is 0 Å². The highest BCUT2D eigenvalue weighted by Gasteiger charge is 2.06. The molecule has 0 saturated carbocycles. The molecular formula is C18H23NO2. The summed E-state index contributed by atoms with van der Waals surface area (Å²) in [6, 6.07) is 16.2. The largest absolute Gasteiger partial charge is 0.492 e. The predicted octanol–water partition coefficient (Wildman–Crippen LogP) is 3.26. The molecule has 3 heteroatoms. The number of hydrogen-bond donors (Lipinski definition) is 1. The van der Waals surface area contributed by atoms with Crippen molar-refractivity contribution in [3.63, 3.8) is 0 Å². The summed E-state index contributed by atoms with van der Waals surface area (Å²) in [5.74, 6) is 0.846. The molecule has 112 valence electrons. The van der Waals surface area contributed by atoms with Crippen LogP contribution in [-0.4, -0.2) is 20.3 Å². The molecule has 0 amide bonds. The number of ether oxygens (including phenoxy) is 2. The first kappa shape index (κ1) is 15.5. The molecular weight excluding hydrogens is 262 g/mol. The van der Waals surface area contributed by atoms with E-state index in [0.29, 0.717) is 6.61 Å². The van der Waals surface area contributed by atoms with E-state index in [4.69, 9.17) is 15.2 Å². The maximum Gasteiger partial charge on any atom is 0.119 e. The highest BCUT2D eigenvalue weighted by atomic mass is 16.5. The average molecular weight is 285 g/mol. The van der Waals surface area contributed by atoms with Crippen LogP contribution in [0.25, 0.3) is 0 Å². The molecule has 0 aliphatic carbocycles. The van der Waals surface area contributed by atoms with Gasteiger partial charge in [-0.05, 0) is 36.6 Å². The Morgan fingerprint density at radius 2 is 1.67 bits per heavy atom. The van der Waals surface area contributed by atoms with E-state index in [0.717, 1.165) is 24.3 Å². The highest BCUT2D eigenvalue weighted by Crippen LogP contribution is 2.16. The summed E-state index contributed by atoms with van der Waals surface area (Å²) >= 11 is 0. The summed E-state index contributed by atoms with van der Waals surface area (Å²) in [6.07, 6.45) is 0.916. The van der Waals surface area contributed by atoms with Gasteiger partial charge in [0.15, 0.2) is 0 Å². The predicted molar refractivity (Wildman–Crippen MR) is 85.6 cm³/mol. The number of nitrogens with two attached hydrogens (primary N) is 1. The van der Waals surface area contributed by atoms with Crippen molar-refractivity contribution < 1.29 is 9.47 Å². The summed E-state index contributed by atoms with van der Waals surface area (Å²) in [6.45, 7) is 3.27. The van der Waals surface area contributed by atoms with E-state index in [9.17, 15) is 0 Å². The zero-order chi connectivity index (χ0) is 15.1. The molecule has 0 aliphatic rings. The van der Waals surface area contributed by atoms with Gasteiger partial charge in [0, 0.05) is 7.11 Å². The molecule has 3 nitrogen and oxygen atoms in total. The van der Waals surface area contributed by atoms with Crippen LogP contribution >= 0.6 is 0 Å². The van der Waals surface area contributed by atoms with Crippen molar-refractivity contribution in [2.24, 2.45) is 5.73 Å². The van der Waals surface area contributed by atoms with Crippen LogP contribution in [0.2, 0.25) is 0 Å². The van der Waals surface area contributed by atoms with Crippen molar-refractivity contribution in [3.8, 4) is 5.75 Å². The first-order valence-electron chi connectivity index (χ1n) is 7.22. The molecule has 2 rings (SSSR count). The average Bonchev–Trinajstić information content (AvgIpc) is 2.52. The quantitative estimate of drug-likeness (QED) is 0.849. The first-order chi connectivity index (χ1) is 10.2. The fraction of sp³-hybridized carbons (Fsp3) is 0.333. The van der Waals surface area contributed by atoms with Crippen LogP contribution in [0.5, 0.6) is 5.75 Å². The van der Waals surface area contributed by atoms with Gasteiger partial charge in [-0.3, -0.25) is 0 Å². The summed E-state index contributed by atoms with van der Waals surface area (Å²) in [5.41, 5.74) is 9.72. The fourth-order valence-corrected chi connectivity index (χ4v) is 2.07. The summed E-state index contributed by atoms with van der Waals surface area (Å²) in [7, 11) is 1.71. The Hall–Kier alpha value is -1.84. The van der Waals surface area contributed by atoms with E-state index in [1.807, 2.05) is 12.1 Å². The fourth-order valence-electron chi connectivity index (χ4n) is 2.07. The van der Waals surface area contributed by atoms with Gasteiger partial charge in [0.2, 0.25) is 0 Å². The van der Waals surface area contributed by atoms with Crippen molar-refractivity contribution in [1.82, 2.24) is 0 Å². The third kappa shape index (κ3) is 4.88. The lowest BCUT2D eigenvalue weighted by Crippen LogP contribution is -2.18. The van der Waals surface area contributed by atoms with E-state index in [-0.39, 0.29) is 6.04 Å². The van der Waals surface area contributed by atoms with Crippen LogP contribution in [0, 0.1) is 6.92 Å². The van der Waals surface area contributed by atoms with Crippen molar-refractivity contribution >= 4 is 0 Å². The maximum atomic E-state index is 6.15. The monoisotopic (exact) mass is 285 g/mol. The molecule has 1 unspecified atom stereocenters. The minimum atomic E-state index is -0.112. The van der Waals surface area contributed by atoms with Gasteiger partial charge in [-0.25, -0.2) is 0 Å². The SMILES string of the molecule is COCCc1ccc(OCC(N)c2ccc(C)cc2)cc1. The van der Waals surface area contributed by atoms with Crippen LogP contribution in [0.15, 0.2) is 48.5 Å². The third-order valence-corrected chi connectivity index (χ3v) is 3.45. The van der Waals surface area contributed by atoms with Gasteiger partial charge >= 0.3 is 0 Å². The Labute approximate surface area is 126 Å². The zero-order valence-corrected chi connectivity index (χ0v) is 12.7. The molecule has 0 heterocycles. The van der Waals surface area contributed by atoms with E-state index in [2.05, 4.69) is 43.3 Å². The van der Waals surface area contributed by atoms with Crippen LogP contribution in [0.1, 0.15) is 22.7 Å². The molecule has 2 aromatic rings. The number of methoxy groups -OCH3 is 1. The van der Waals surface area contributed by atoms with Gasteiger partial charge in [0.1, 0.15) is 12.4 Å². The normalized spacial score (nSPS) is 12.1. The lowest BCUT2D eigenvalue weighted by atomic mass is 10.1. The molecule has 2 aromatic carbocycles. The Balaban J connectivity index is 1.86. The van der Waals surface area contributed by atoms with Crippen LogP contribution in [0.3, 0.4) is 0 Å². The molecule has 0 radical (unpaired) electrons. The molecule has 0 fully saturated rings. The Morgan fingerprint density at radius 3 is 2.29 bits per heavy atom. The molecule has 0 aliphatic heterocycles. The van der Waals surface area contributed by atoms with Gasteiger partial charge in [-0.1, -0.05) is 42.0 Å². The molecule has 0 bridgehead atoms. The molecule has 0 aromatic heterocycles. The van der Waals surface area contributed by atoms with Crippen LogP contribution in [0.4, 0.5) is 0 Å². The Bertz CT molecular complexity index is 534. The van der Waals surface area contributed by atoms with Crippen molar-refractivity contribution in [2.45, 2.75) is 19.4 Å². The van der Waals surface area contributed by atoms with Crippen molar-refractivity contribution in [1.29, 1.82) is 0 Å². The number of hydrogen-bond acceptors (Lipinski definition) is 3. The summed E-state index contributed by atoms with van der Waals surface area (Å²) in [4.78, 5) is 0. The molecule has 0 saturated heterocycles. The minimum absolute atomic E-state index is 0.112. The zero-order valence-electron chi connectivity index (χ0n) is 12.7. The third-order valence-electron chi connectivity index (χ3n) is 3.45. The van der Waals surface area contributed by atoms with Crippen molar-refractivity contribution in [3.05, 3.63) is 65.2 Å². The summed E-state index contributed by atoms with van der Waals surface area (Å²) in [5, 5.41) is 0. The first-order valence-corrected chi connectivity index (χ1v) is 7.22. The van der Waals surface area contributed by atoms with Gasteiger partial charge < -0.3 is 15.2 Å². The molecule has 2 N–H and O–H groups in total. The molecule has 0 spiro atoms. The van der Waals surface area contributed by atoms with E-state index in [1.54, 1.807) is 7.11 Å². The van der Waals surface area contributed by atoms with E-state index < -0.39 is 0 Å².